The van der Waals surface area contributed by atoms with E-state index < -0.39 is 0 Å². The SMILES string of the molecule is CCN(CC)CCc1ccc(-c2c(O)ccc3[nH]c(=O)c4sccc4c23)cc1F.Cl. The summed E-state index contributed by atoms with van der Waals surface area (Å²) in [5.41, 5.74) is 2.26. The van der Waals surface area contributed by atoms with Crippen LogP contribution in [-0.2, 0) is 6.42 Å². The average Bonchev–Trinajstić information content (AvgIpc) is 3.21. The molecule has 0 aliphatic carbocycles. The molecular weight excluding hydrogens is 423 g/mol. The third-order valence-corrected chi connectivity index (χ3v) is 6.42. The molecule has 0 saturated carbocycles. The number of phenolic OH excluding ortho intramolecular Hbond substituents is 1. The van der Waals surface area contributed by atoms with Gasteiger partial charge in [0.2, 0.25) is 0 Å². The number of rotatable bonds is 6. The molecule has 0 fully saturated rings. The van der Waals surface area contributed by atoms with Crippen molar-refractivity contribution in [3.05, 3.63) is 63.5 Å². The molecule has 4 aromatic rings. The number of halogens is 2. The number of pyridine rings is 1. The minimum Gasteiger partial charge on any atom is -0.507 e. The molecule has 0 atom stereocenters. The number of aromatic nitrogens is 1. The molecule has 158 valence electrons. The van der Waals surface area contributed by atoms with Crippen LogP contribution in [0.1, 0.15) is 19.4 Å². The summed E-state index contributed by atoms with van der Waals surface area (Å²) >= 11 is 1.35. The van der Waals surface area contributed by atoms with Crippen LogP contribution in [0.15, 0.2) is 46.6 Å². The lowest BCUT2D eigenvalue weighted by Gasteiger charge is -2.18. The number of phenols is 1. The van der Waals surface area contributed by atoms with Crippen LogP contribution < -0.4 is 5.56 Å². The third-order valence-electron chi connectivity index (χ3n) is 5.51. The Morgan fingerprint density at radius 2 is 1.90 bits per heavy atom. The van der Waals surface area contributed by atoms with Crippen molar-refractivity contribution in [2.75, 3.05) is 19.6 Å². The van der Waals surface area contributed by atoms with E-state index in [9.17, 15) is 14.3 Å². The Kier molecular flexibility index (Phi) is 6.81. The zero-order chi connectivity index (χ0) is 20.5. The van der Waals surface area contributed by atoms with Crippen molar-refractivity contribution in [1.29, 1.82) is 0 Å². The maximum absolute atomic E-state index is 14.9. The molecule has 2 aromatic heterocycles. The van der Waals surface area contributed by atoms with Gasteiger partial charge in [0.15, 0.2) is 0 Å². The molecule has 4 nitrogen and oxygen atoms in total. The highest BCUT2D eigenvalue weighted by atomic mass is 35.5. The van der Waals surface area contributed by atoms with E-state index >= 15 is 0 Å². The number of H-pyrrole nitrogens is 1. The summed E-state index contributed by atoms with van der Waals surface area (Å²) in [6, 6.07) is 10.2. The number of fused-ring (bicyclic) bond motifs is 3. The lowest BCUT2D eigenvalue weighted by molar-refractivity contribution is 0.306. The van der Waals surface area contributed by atoms with Gasteiger partial charge in [-0.15, -0.1) is 23.7 Å². The molecule has 7 heteroatoms. The van der Waals surface area contributed by atoms with Gasteiger partial charge in [0.25, 0.3) is 5.56 Å². The number of hydrogen-bond donors (Lipinski definition) is 2. The van der Waals surface area contributed by atoms with Crippen molar-refractivity contribution in [2.24, 2.45) is 0 Å². The second-order valence-electron chi connectivity index (χ2n) is 7.08. The van der Waals surface area contributed by atoms with Crippen LogP contribution in [0.2, 0.25) is 0 Å². The van der Waals surface area contributed by atoms with Gasteiger partial charge in [-0.1, -0.05) is 26.0 Å². The number of benzene rings is 2. The average molecular weight is 447 g/mol. The van der Waals surface area contributed by atoms with Gasteiger partial charge in [-0.3, -0.25) is 4.79 Å². The molecule has 4 rings (SSSR count). The van der Waals surface area contributed by atoms with Crippen molar-refractivity contribution in [3.8, 4) is 16.9 Å². The van der Waals surface area contributed by atoms with Gasteiger partial charge >= 0.3 is 0 Å². The Balaban J connectivity index is 0.00000256. The fourth-order valence-corrected chi connectivity index (χ4v) is 4.65. The van der Waals surface area contributed by atoms with E-state index in [1.54, 1.807) is 12.1 Å². The van der Waals surface area contributed by atoms with Crippen LogP contribution in [0.5, 0.6) is 5.75 Å². The molecule has 2 N–H and O–H groups in total. The molecule has 0 bridgehead atoms. The van der Waals surface area contributed by atoms with E-state index in [2.05, 4.69) is 23.7 Å². The van der Waals surface area contributed by atoms with Gasteiger partial charge in [0.05, 0.1) is 0 Å². The van der Waals surface area contributed by atoms with Crippen molar-refractivity contribution in [1.82, 2.24) is 9.88 Å². The highest BCUT2D eigenvalue weighted by Gasteiger charge is 2.17. The maximum atomic E-state index is 14.9. The van der Waals surface area contributed by atoms with E-state index in [1.165, 1.54) is 23.5 Å². The molecule has 0 spiro atoms. The molecule has 0 unspecified atom stereocenters. The number of aromatic amines is 1. The van der Waals surface area contributed by atoms with Crippen LogP contribution in [-0.4, -0.2) is 34.6 Å². The Morgan fingerprint density at radius 1 is 1.13 bits per heavy atom. The largest absolute Gasteiger partial charge is 0.507 e. The van der Waals surface area contributed by atoms with Crippen LogP contribution in [0.3, 0.4) is 0 Å². The zero-order valence-electron chi connectivity index (χ0n) is 16.9. The fraction of sp³-hybridized carbons (Fsp3) is 0.261. The summed E-state index contributed by atoms with van der Waals surface area (Å²) in [6.07, 6.45) is 0.636. The zero-order valence-corrected chi connectivity index (χ0v) is 18.5. The summed E-state index contributed by atoms with van der Waals surface area (Å²) < 4.78 is 15.5. The van der Waals surface area contributed by atoms with Crippen molar-refractivity contribution < 1.29 is 9.50 Å². The van der Waals surface area contributed by atoms with Gasteiger partial charge in [0, 0.05) is 28.4 Å². The number of hydrogen-bond acceptors (Lipinski definition) is 4. The summed E-state index contributed by atoms with van der Waals surface area (Å²) in [5, 5.41) is 14.0. The Hall–Kier alpha value is -2.41. The molecule has 0 radical (unpaired) electrons. The maximum Gasteiger partial charge on any atom is 0.266 e. The number of likely N-dealkylation sites (N-methyl/N-ethyl adjacent to an activating group) is 1. The first-order valence-electron chi connectivity index (χ1n) is 9.79. The number of thiophene rings is 1. The lowest BCUT2D eigenvalue weighted by Crippen LogP contribution is -2.25. The monoisotopic (exact) mass is 446 g/mol. The predicted octanol–water partition coefficient (Wildman–Crippen LogP) is 5.56. The molecule has 0 amide bonds. The first-order valence-corrected chi connectivity index (χ1v) is 10.7. The lowest BCUT2D eigenvalue weighted by atomic mass is 9.96. The topological polar surface area (TPSA) is 56.3 Å². The standard InChI is InChI=1S/C23H23FN2O2S.ClH/c1-3-26(4-2)11-9-14-5-6-15(13-17(14)24)20-19(27)8-7-18-21(20)16-10-12-29-22(16)23(28)25-18;/h5-8,10,12-13,27H,3-4,9,11H2,1-2H3,(H,25,28);1H. The summed E-state index contributed by atoms with van der Waals surface area (Å²) in [7, 11) is 0. The van der Waals surface area contributed by atoms with E-state index in [4.69, 9.17) is 0 Å². The molecule has 0 aliphatic rings. The minimum atomic E-state index is -0.281. The number of aromatic hydroxyl groups is 1. The number of nitrogens with zero attached hydrogens (tertiary/aromatic N) is 1. The smallest absolute Gasteiger partial charge is 0.266 e. The van der Waals surface area contributed by atoms with Crippen LogP contribution in [0.25, 0.3) is 32.1 Å². The van der Waals surface area contributed by atoms with Crippen LogP contribution in [0.4, 0.5) is 4.39 Å². The molecule has 2 aromatic carbocycles. The first-order chi connectivity index (χ1) is 14.0. The number of nitrogens with one attached hydrogen (secondary N) is 1. The second kappa shape index (κ2) is 9.16. The quantitative estimate of drug-likeness (QED) is 0.407. The molecule has 0 saturated heterocycles. The second-order valence-corrected chi connectivity index (χ2v) is 8.00. The van der Waals surface area contributed by atoms with Gasteiger partial charge in [-0.25, -0.2) is 4.39 Å². The van der Waals surface area contributed by atoms with Gasteiger partial charge in [0.1, 0.15) is 16.3 Å². The minimum absolute atomic E-state index is 0. The van der Waals surface area contributed by atoms with Crippen LogP contribution in [0, 0.1) is 5.82 Å². The van der Waals surface area contributed by atoms with Gasteiger partial charge < -0.3 is 15.0 Å². The van der Waals surface area contributed by atoms with Crippen molar-refractivity contribution >= 4 is 44.7 Å². The van der Waals surface area contributed by atoms with E-state index in [0.29, 0.717) is 33.3 Å². The normalized spacial score (nSPS) is 11.3. The molecule has 2 heterocycles. The van der Waals surface area contributed by atoms with Crippen LogP contribution >= 0.6 is 23.7 Å². The fourth-order valence-electron chi connectivity index (χ4n) is 3.85. The predicted molar refractivity (Wildman–Crippen MR) is 126 cm³/mol. The van der Waals surface area contributed by atoms with E-state index in [0.717, 1.165) is 30.4 Å². The van der Waals surface area contributed by atoms with Crippen molar-refractivity contribution in [3.63, 3.8) is 0 Å². The molecule has 0 aliphatic heterocycles. The van der Waals surface area contributed by atoms with Gasteiger partial charge in [-0.05, 0) is 60.3 Å². The highest BCUT2D eigenvalue weighted by molar-refractivity contribution is 7.17. The highest BCUT2D eigenvalue weighted by Crippen LogP contribution is 2.40. The summed E-state index contributed by atoms with van der Waals surface area (Å²) in [5.74, 6) is -0.218. The first kappa shape index (κ1) is 22.3. The third kappa shape index (κ3) is 3.95. The van der Waals surface area contributed by atoms with Gasteiger partial charge in [-0.2, -0.15) is 0 Å². The van der Waals surface area contributed by atoms with E-state index in [-0.39, 0.29) is 29.5 Å². The Bertz CT molecular complexity index is 1250. The molecular formula is C23H24ClFN2O2S. The molecule has 30 heavy (non-hydrogen) atoms. The Labute approximate surface area is 184 Å². The summed E-state index contributed by atoms with van der Waals surface area (Å²) in [6.45, 7) is 6.88. The Morgan fingerprint density at radius 3 is 2.60 bits per heavy atom. The van der Waals surface area contributed by atoms with E-state index in [1.807, 2.05) is 17.5 Å². The summed E-state index contributed by atoms with van der Waals surface area (Å²) in [4.78, 5) is 17.4. The van der Waals surface area contributed by atoms with Crippen molar-refractivity contribution in [2.45, 2.75) is 20.3 Å².